The molecular weight excluding hydrogens is 296 g/mol. The molecule has 7 heteroatoms. The van der Waals surface area contributed by atoms with E-state index in [1.54, 1.807) is 7.11 Å². The average molecular weight is 312 g/mol. The lowest BCUT2D eigenvalue weighted by Crippen LogP contribution is -1.94. The Balaban J connectivity index is 1.67. The van der Waals surface area contributed by atoms with Crippen molar-refractivity contribution in [2.45, 2.75) is 18.8 Å². The molecule has 118 valence electrons. The number of methoxy groups -OCH3 is 1. The summed E-state index contributed by atoms with van der Waals surface area (Å²) < 4.78 is 18.2. The molecule has 7 nitrogen and oxygen atoms in total. The molecule has 5 rings (SSSR count). The van der Waals surface area contributed by atoms with Crippen LogP contribution in [0.5, 0.6) is 17.2 Å². The fourth-order valence-corrected chi connectivity index (χ4v) is 3.08. The van der Waals surface area contributed by atoms with Crippen LogP contribution in [0.3, 0.4) is 0 Å². The van der Waals surface area contributed by atoms with Gasteiger partial charge in [-0.25, -0.2) is 9.67 Å². The molecule has 3 aromatic rings. The normalized spacial score (nSPS) is 16.3. The lowest BCUT2D eigenvalue weighted by molar-refractivity contribution is 0.171. The molecule has 1 saturated carbocycles. The highest BCUT2D eigenvalue weighted by molar-refractivity contribution is 5.80. The van der Waals surface area contributed by atoms with Crippen molar-refractivity contribution in [3.05, 3.63) is 17.8 Å². The molecule has 1 N–H and O–H groups in total. The second-order valence-corrected chi connectivity index (χ2v) is 5.98. The summed E-state index contributed by atoms with van der Waals surface area (Å²) >= 11 is 0. The van der Waals surface area contributed by atoms with E-state index in [4.69, 9.17) is 19.2 Å². The van der Waals surface area contributed by atoms with Gasteiger partial charge in [-0.05, 0) is 25.0 Å². The molecule has 1 aliphatic carbocycles. The zero-order valence-electron chi connectivity index (χ0n) is 12.9. The summed E-state index contributed by atoms with van der Waals surface area (Å²) in [7, 11) is 3.55. The van der Waals surface area contributed by atoms with Crippen molar-refractivity contribution in [3.8, 4) is 28.6 Å². The monoisotopic (exact) mass is 312 g/mol. The van der Waals surface area contributed by atoms with E-state index in [0.29, 0.717) is 23.2 Å². The van der Waals surface area contributed by atoms with Gasteiger partial charge in [-0.15, -0.1) is 0 Å². The lowest BCUT2D eigenvalue weighted by atomic mass is 10.1. The highest BCUT2D eigenvalue weighted by Gasteiger charge is 2.30. The van der Waals surface area contributed by atoms with Crippen LogP contribution in [0.2, 0.25) is 0 Å². The number of fused-ring (bicyclic) bond motifs is 2. The third kappa shape index (κ3) is 1.82. The minimum Gasteiger partial charge on any atom is -0.493 e. The lowest BCUT2D eigenvalue weighted by Gasteiger charge is -2.06. The Kier molecular flexibility index (Phi) is 2.45. The molecule has 1 fully saturated rings. The van der Waals surface area contributed by atoms with Gasteiger partial charge < -0.3 is 19.2 Å². The summed E-state index contributed by atoms with van der Waals surface area (Å²) in [5.74, 6) is 3.33. The molecule has 0 radical (unpaired) electrons. The fourth-order valence-electron chi connectivity index (χ4n) is 3.08. The zero-order valence-corrected chi connectivity index (χ0v) is 12.9. The number of ether oxygens (including phenoxy) is 3. The van der Waals surface area contributed by atoms with Gasteiger partial charge in [0.05, 0.1) is 12.8 Å². The van der Waals surface area contributed by atoms with Crippen molar-refractivity contribution in [2.24, 2.45) is 7.05 Å². The average Bonchev–Trinajstić information content (AvgIpc) is 3.00. The van der Waals surface area contributed by atoms with Gasteiger partial charge in [0.1, 0.15) is 11.3 Å². The van der Waals surface area contributed by atoms with Crippen molar-refractivity contribution in [1.82, 2.24) is 19.7 Å². The molecule has 2 aromatic heterocycles. The predicted octanol–water partition coefficient (Wildman–Crippen LogP) is 2.58. The Hall–Kier alpha value is -2.70. The van der Waals surface area contributed by atoms with Gasteiger partial charge >= 0.3 is 0 Å². The number of nitrogens with zero attached hydrogens (tertiary/aromatic N) is 3. The van der Waals surface area contributed by atoms with Crippen LogP contribution in [0.15, 0.2) is 12.1 Å². The van der Waals surface area contributed by atoms with Crippen molar-refractivity contribution >= 4 is 11.2 Å². The number of nitrogens with one attached hydrogen (secondary N) is 1. The molecule has 2 aliphatic rings. The quantitative estimate of drug-likeness (QED) is 0.804. The SMILES string of the molecule is COc1cc(-c2nc3c([nH]2)c(C2CC2)nn3C)cc2c1OCO2. The van der Waals surface area contributed by atoms with E-state index in [-0.39, 0.29) is 6.79 Å². The molecule has 1 aromatic carbocycles. The van der Waals surface area contributed by atoms with Crippen molar-refractivity contribution < 1.29 is 14.2 Å². The van der Waals surface area contributed by atoms with Crippen LogP contribution in [-0.2, 0) is 7.05 Å². The number of hydrogen-bond acceptors (Lipinski definition) is 5. The third-order valence-corrected chi connectivity index (χ3v) is 4.40. The Morgan fingerprint density at radius 2 is 2.17 bits per heavy atom. The summed E-state index contributed by atoms with van der Waals surface area (Å²) in [6.07, 6.45) is 2.41. The zero-order chi connectivity index (χ0) is 15.6. The Labute approximate surface area is 132 Å². The first-order chi connectivity index (χ1) is 11.2. The van der Waals surface area contributed by atoms with Gasteiger partial charge in [-0.2, -0.15) is 5.10 Å². The minimum atomic E-state index is 0.213. The van der Waals surface area contributed by atoms with Crippen molar-refractivity contribution in [3.63, 3.8) is 0 Å². The van der Waals surface area contributed by atoms with Gasteiger partial charge in [0.25, 0.3) is 0 Å². The number of benzene rings is 1. The number of aryl methyl sites for hydroxylation is 1. The standard InChI is InChI=1S/C16H16N4O3/c1-20-16-13(12(19-20)8-3-4-8)17-15(18-16)9-5-10(21-2)14-11(6-9)22-7-23-14/h5-6,8H,3-4,7H2,1-2H3,(H,17,18). The minimum absolute atomic E-state index is 0.213. The van der Waals surface area contributed by atoms with E-state index in [0.717, 1.165) is 28.2 Å². The van der Waals surface area contributed by atoms with Gasteiger partial charge in [0.15, 0.2) is 17.1 Å². The van der Waals surface area contributed by atoms with E-state index >= 15 is 0 Å². The molecule has 0 amide bonds. The number of aromatic amines is 1. The van der Waals surface area contributed by atoms with E-state index < -0.39 is 0 Å². The summed E-state index contributed by atoms with van der Waals surface area (Å²) in [4.78, 5) is 8.13. The molecule has 0 saturated heterocycles. The van der Waals surface area contributed by atoms with Gasteiger partial charge in [-0.3, -0.25) is 0 Å². The maximum atomic E-state index is 5.49. The molecular formula is C16H16N4O3. The van der Waals surface area contributed by atoms with Crippen molar-refractivity contribution in [2.75, 3.05) is 13.9 Å². The van der Waals surface area contributed by atoms with Gasteiger partial charge in [0.2, 0.25) is 12.5 Å². The van der Waals surface area contributed by atoms with E-state index in [2.05, 4.69) is 10.1 Å². The summed E-state index contributed by atoms with van der Waals surface area (Å²) in [5.41, 5.74) is 3.93. The third-order valence-electron chi connectivity index (χ3n) is 4.40. The van der Waals surface area contributed by atoms with Crippen LogP contribution in [0.25, 0.3) is 22.6 Å². The number of imidazole rings is 1. The molecule has 0 atom stereocenters. The second-order valence-electron chi connectivity index (χ2n) is 5.98. The first kappa shape index (κ1) is 12.8. The summed E-state index contributed by atoms with van der Waals surface area (Å²) in [6.45, 7) is 0.213. The number of rotatable bonds is 3. The molecule has 0 bridgehead atoms. The first-order valence-electron chi connectivity index (χ1n) is 7.65. The number of aromatic nitrogens is 4. The molecule has 1 aliphatic heterocycles. The fraction of sp³-hybridized carbons (Fsp3) is 0.375. The molecule has 3 heterocycles. The predicted molar refractivity (Wildman–Crippen MR) is 82.9 cm³/mol. The van der Waals surface area contributed by atoms with Crippen LogP contribution in [0.1, 0.15) is 24.5 Å². The van der Waals surface area contributed by atoms with Crippen LogP contribution in [0.4, 0.5) is 0 Å². The number of H-pyrrole nitrogens is 1. The number of hydrogen-bond donors (Lipinski definition) is 1. The van der Waals surface area contributed by atoms with Crippen LogP contribution < -0.4 is 14.2 Å². The van der Waals surface area contributed by atoms with Crippen LogP contribution in [0, 0.1) is 0 Å². The second kappa shape index (κ2) is 4.41. The van der Waals surface area contributed by atoms with Crippen molar-refractivity contribution in [1.29, 1.82) is 0 Å². The highest BCUT2D eigenvalue weighted by atomic mass is 16.7. The Morgan fingerprint density at radius 3 is 2.96 bits per heavy atom. The Morgan fingerprint density at radius 1 is 1.30 bits per heavy atom. The largest absolute Gasteiger partial charge is 0.493 e. The topological polar surface area (TPSA) is 74.2 Å². The van der Waals surface area contributed by atoms with E-state index in [1.807, 2.05) is 23.9 Å². The summed E-state index contributed by atoms with van der Waals surface area (Å²) in [5, 5.41) is 4.59. The summed E-state index contributed by atoms with van der Waals surface area (Å²) in [6, 6.07) is 3.84. The van der Waals surface area contributed by atoms with E-state index in [9.17, 15) is 0 Å². The van der Waals surface area contributed by atoms with Gasteiger partial charge in [0, 0.05) is 18.5 Å². The smallest absolute Gasteiger partial charge is 0.231 e. The molecule has 0 spiro atoms. The maximum absolute atomic E-state index is 5.49. The van der Waals surface area contributed by atoms with Gasteiger partial charge in [-0.1, -0.05) is 0 Å². The molecule has 23 heavy (non-hydrogen) atoms. The maximum Gasteiger partial charge on any atom is 0.231 e. The van der Waals surface area contributed by atoms with Crippen LogP contribution in [-0.4, -0.2) is 33.7 Å². The van der Waals surface area contributed by atoms with Crippen LogP contribution >= 0.6 is 0 Å². The van der Waals surface area contributed by atoms with E-state index in [1.165, 1.54) is 12.8 Å². The molecule has 0 unspecified atom stereocenters. The highest BCUT2D eigenvalue weighted by Crippen LogP contribution is 2.45. The first-order valence-corrected chi connectivity index (χ1v) is 7.65. The Bertz CT molecular complexity index is 923.